The molecule has 0 radical (unpaired) electrons. The highest BCUT2D eigenvalue weighted by molar-refractivity contribution is 5.82. The average Bonchev–Trinajstić information content (AvgIpc) is 2.35. The molecule has 0 saturated carbocycles. The Bertz CT molecular complexity index is 466. The van der Waals surface area contributed by atoms with Crippen LogP contribution < -0.4 is 5.32 Å². The highest BCUT2D eigenvalue weighted by atomic mass is 16.2. The van der Waals surface area contributed by atoms with Crippen molar-refractivity contribution in [2.24, 2.45) is 0 Å². The molecule has 0 spiro atoms. The molecule has 5 nitrogen and oxygen atoms in total. The fourth-order valence-electron chi connectivity index (χ4n) is 1.92. The van der Waals surface area contributed by atoms with Crippen molar-refractivity contribution in [1.82, 2.24) is 15.2 Å². The third-order valence-corrected chi connectivity index (χ3v) is 2.87. The second-order valence-electron chi connectivity index (χ2n) is 4.06. The first-order valence-corrected chi connectivity index (χ1v) is 5.58. The number of hydrogen-bond acceptors (Lipinski definition) is 4. The minimum Gasteiger partial charge on any atom is -0.336 e. The molecule has 5 heteroatoms. The molecule has 1 aliphatic rings. The average molecular weight is 230 g/mol. The number of hydrogen-bond donors (Lipinski definition) is 1. The molecule has 1 unspecified atom stereocenters. The molecule has 1 aromatic rings. The topological polar surface area (TPSA) is 69.0 Å². The van der Waals surface area contributed by atoms with E-state index in [1.807, 2.05) is 19.1 Å². The van der Waals surface area contributed by atoms with E-state index in [0.717, 1.165) is 12.1 Å². The number of pyridine rings is 1. The molecule has 88 valence electrons. The van der Waals surface area contributed by atoms with E-state index >= 15 is 0 Å². The van der Waals surface area contributed by atoms with Crippen molar-refractivity contribution in [1.29, 1.82) is 5.26 Å². The lowest BCUT2D eigenvalue weighted by Crippen LogP contribution is -2.53. The lowest BCUT2D eigenvalue weighted by molar-refractivity contribution is -0.135. The molecule has 1 amide bonds. The summed E-state index contributed by atoms with van der Waals surface area (Å²) in [4.78, 5) is 17.6. The summed E-state index contributed by atoms with van der Waals surface area (Å²) in [6, 6.07) is 5.52. The highest BCUT2D eigenvalue weighted by Crippen LogP contribution is 2.11. The van der Waals surface area contributed by atoms with Crippen LogP contribution >= 0.6 is 0 Å². The maximum absolute atomic E-state index is 11.9. The monoisotopic (exact) mass is 230 g/mol. The number of nitrogens with one attached hydrogen (secondary N) is 1. The Balaban J connectivity index is 2.15. The van der Waals surface area contributed by atoms with Gasteiger partial charge in [-0.15, -0.1) is 0 Å². The Morgan fingerprint density at radius 3 is 3.29 bits per heavy atom. The van der Waals surface area contributed by atoms with Crippen molar-refractivity contribution >= 4 is 5.91 Å². The maximum atomic E-state index is 11.9. The van der Waals surface area contributed by atoms with Crippen LogP contribution in [0.4, 0.5) is 0 Å². The summed E-state index contributed by atoms with van der Waals surface area (Å²) in [6.45, 7) is 3.77. The summed E-state index contributed by atoms with van der Waals surface area (Å²) >= 11 is 0. The summed E-state index contributed by atoms with van der Waals surface area (Å²) in [5.74, 6) is 0.0731. The van der Waals surface area contributed by atoms with Gasteiger partial charge in [0, 0.05) is 31.4 Å². The van der Waals surface area contributed by atoms with Gasteiger partial charge in [0.25, 0.3) is 0 Å². The second kappa shape index (κ2) is 4.93. The van der Waals surface area contributed by atoms with Gasteiger partial charge in [-0.1, -0.05) is 6.07 Å². The largest absolute Gasteiger partial charge is 0.336 e. The first kappa shape index (κ1) is 11.6. The summed E-state index contributed by atoms with van der Waals surface area (Å²) in [6.07, 6.45) is 1.59. The first-order chi connectivity index (χ1) is 8.22. The maximum Gasteiger partial charge on any atom is 0.239 e. The zero-order valence-corrected chi connectivity index (χ0v) is 9.68. The van der Waals surface area contributed by atoms with E-state index in [2.05, 4.69) is 10.3 Å². The molecule has 1 aromatic heterocycles. The first-order valence-electron chi connectivity index (χ1n) is 5.58. The molecule has 1 atom stereocenters. The van der Waals surface area contributed by atoms with Gasteiger partial charge < -0.3 is 10.2 Å². The molecule has 0 aliphatic carbocycles. The molecular weight excluding hydrogens is 216 g/mol. The number of amides is 1. The lowest BCUT2D eigenvalue weighted by Gasteiger charge is -2.31. The molecule has 1 fully saturated rings. The zero-order valence-electron chi connectivity index (χ0n) is 9.68. The molecule has 1 saturated heterocycles. The third kappa shape index (κ3) is 2.43. The van der Waals surface area contributed by atoms with Crippen LogP contribution in [0, 0.1) is 11.3 Å². The second-order valence-corrected chi connectivity index (χ2v) is 4.06. The number of aromatic nitrogens is 1. The molecular formula is C12H14N4O. The summed E-state index contributed by atoms with van der Waals surface area (Å²) in [7, 11) is 0. The van der Waals surface area contributed by atoms with Crippen LogP contribution in [0.15, 0.2) is 18.3 Å². The van der Waals surface area contributed by atoms with Crippen LogP contribution in [0.25, 0.3) is 0 Å². The minimum atomic E-state index is -0.147. The normalized spacial score (nSPS) is 20.1. The van der Waals surface area contributed by atoms with E-state index in [0.29, 0.717) is 18.8 Å². The van der Waals surface area contributed by atoms with Crippen molar-refractivity contribution in [2.75, 3.05) is 13.1 Å². The van der Waals surface area contributed by atoms with Crippen molar-refractivity contribution in [3.05, 3.63) is 29.6 Å². The van der Waals surface area contributed by atoms with E-state index in [1.165, 1.54) is 0 Å². The molecule has 2 heterocycles. The van der Waals surface area contributed by atoms with Crippen LogP contribution in [0.5, 0.6) is 0 Å². The van der Waals surface area contributed by atoms with Gasteiger partial charge in [-0.05, 0) is 13.0 Å². The van der Waals surface area contributed by atoms with E-state index in [-0.39, 0.29) is 11.9 Å². The summed E-state index contributed by atoms with van der Waals surface area (Å²) < 4.78 is 0. The van der Waals surface area contributed by atoms with Gasteiger partial charge in [-0.3, -0.25) is 4.79 Å². The Hall–Kier alpha value is -1.93. The minimum absolute atomic E-state index is 0.0731. The van der Waals surface area contributed by atoms with Gasteiger partial charge in [0.1, 0.15) is 11.8 Å². The Morgan fingerprint density at radius 2 is 2.53 bits per heavy atom. The van der Waals surface area contributed by atoms with Crippen LogP contribution in [-0.4, -0.2) is 34.9 Å². The third-order valence-electron chi connectivity index (χ3n) is 2.87. The zero-order chi connectivity index (χ0) is 12.3. The predicted molar refractivity (Wildman–Crippen MR) is 61.8 cm³/mol. The van der Waals surface area contributed by atoms with Gasteiger partial charge in [0.05, 0.1) is 6.04 Å². The number of carbonyl (C=O) groups is 1. The molecule has 17 heavy (non-hydrogen) atoms. The van der Waals surface area contributed by atoms with Crippen molar-refractivity contribution in [3.63, 3.8) is 0 Å². The van der Waals surface area contributed by atoms with E-state index < -0.39 is 0 Å². The van der Waals surface area contributed by atoms with Crippen molar-refractivity contribution in [2.45, 2.75) is 19.5 Å². The predicted octanol–water partition coefficient (Wildman–Crippen LogP) is 0.274. The van der Waals surface area contributed by atoms with E-state index in [4.69, 9.17) is 5.26 Å². The van der Waals surface area contributed by atoms with Gasteiger partial charge >= 0.3 is 0 Å². The summed E-state index contributed by atoms with van der Waals surface area (Å²) in [5.41, 5.74) is 1.20. The molecule has 2 rings (SSSR count). The SMILES string of the molecule is CC1NCCN(Cc2cccnc2C#N)C1=O. The molecule has 0 aromatic carbocycles. The van der Waals surface area contributed by atoms with Crippen molar-refractivity contribution < 1.29 is 4.79 Å². The van der Waals surface area contributed by atoms with Gasteiger partial charge in [0.2, 0.25) is 5.91 Å². The van der Waals surface area contributed by atoms with Crippen LogP contribution in [0.2, 0.25) is 0 Å². The fraction of sp³-hybridized carbons (Fsp3) is 0.417. The number of rotatable bonds is 2. The quantitative estimate of drug-likeness (QED) is 0.792. The number of piperazine rings is 1. The molecule has 1 N–H and O–H groups in total. The fourth-order valence-corrected chi connectivity index (χ4v) is 1.92. The van der Waals surface area contributed by atoms with E-state index in [1.54, 1.807) is 17.2 Å². The highest BCUT2D eigenvalue weighted by Gasteiger charge is 2.25. The van der Waals surface area contributed by atoms with E-state index in [9.17, 15) is 4.79 Å². The van der Waals surface area contributed by atoms with Crippen LogP contribution in [0.1, 0.15) is 18.2 Å². The molecule has 1 aliphatic heterocycles. The van der Waals surface area contributed by atoms with Gasteiger partial charge in [0.15, 0.2) is 0 Å². The van der Waals surface area contributed by atoms with Gasteiger partial charge in [-0.25, -0.2) is 4.98 Å². The van der Waals surface area contributed by atoms with Crippen molar-refractivity contribution in [3.8, 4) is 6.07 Å². The number of nitrogens with zero attached hydrogens (tertiary/aromatic N) is 3. The standard InChI is InChI=1S/C12H14N4O/c1-9-12(17)16(6-5-14-9)8-10-3-2-4-15-11(10)7-13/h2-4,9,14H,5-6,8H2,1H3. The Kier molecular flexibility index (Phi) is 3.35. The Morgan fingerprint density at radius 1 is 1.71 bits per heavy atom. The smallest absolute Gasteiger partial charge is 0.239 e. The van der Waals surface area contributed by atoms with Crippen LogP contribution in [0.3, 0.4) is 0 Å². The van der Waals surface area contributed by atoms with Gasteiger partial charge in [-0.2, -0.15) is 5.26 Å². The van der Waals surface area contributed by atoms with Crippen LogP contribution in [-0.2, 0) is 11.3 Å². The molecule has 0 bridgehead atoms. The summed E-state index contributed by atoms with van der Waals surface area (Å²) in [5, 5.41) is 12.0. The number of carbonyl (C=O) groups excluding carboxylic acids is 1. The number of nitriles is 1. The Labute approximate surface area is 100 Å². The lowest BCUT2D eigenvalue weighted by atomic mass is 10.1.